The molecule has 0 radical (unpaired) electrons. The fourth-order valence-corrected chi connectivity index (χ4v) is 3.57. The predicted molar refractivity (Wildman–Crippen MR) is 119 cm³/mol. The highest BCUT2D eigenvalue weighted by Gasteiger charge is 2.31. The number of carbonyl (C=O) groups is 1. The highest BCUT2D eigenvalue weighted by atomic mass is 19.4. The number of carboxylic acid groups (broad SMARTS) is 1. The van der Waals surface area contributed by atoms with Gasteiger partial charge in [0.1, 0.15) is 5.82 Å². The monoisotopic (exact) mass is 454 g/mol. The van der Waals surface area contributed by atoms with Crippen LogP contribution in [-0.2, 0) is 6.18 Å². The Labute approximate surface area is 186 Å². The van der Waals surface area contributed by atoms with Crippen molar-refractivity contribution in [2.24, 2.45) is 0 Å². The summed E-state index contributed by atoms with van der Waals surface area (Å²) in [5, 5.41) is 9.43. The van der Waals surface area contributed by atoms with Gasteiger partial charge in [-0.2, -0.15) is 13.2 Å². The minimum absolute atomic E-state index is 0.0710. The molecule has 0 fully saturated rings. The van der Waals surface area contributed by atoms with E-state index in [1.165, 1.54) is 6.07 Å². The van der Waals surface area contributed by atoms with E-state index in [0.717, 1.165) is 30.0 Å². The van der Waals surface area contributed by atoms with Gasteiger partial charge in [-0.3, -0.25) is 0 Å². The Hall–Kier alpha value is -3.94. The molecule has 0 aliphatic heterocycles. The first-order valence-corrected chi connectivity index (χ1v) is 9.87. The maximum Gasteiger partial charge on any atom is 0.416 e. The highest BCUT2D eigenvalue weighted by Crippen LogP contribution is 2.34. The summed E-state index contributed by atoms with van der Waals surface area (Å²) in [4.78, 5) is 18.0. The molecule has 0 amide bonds. The molecule has 1 N–H and O–H groups in total. The van der Waals surface area contributed by atoms with Crippen molar-refractivity contribution < 1.29 is 27.5 Å². The molecule has 4 aromatic rings. The van der Waals surface area contributed by atoms with E-state index in [1.807, 2.05) is 31.1 Å². The number of hydrogen-bond acceptors (Lipinski definition) is 3. The van der Waals surface area contributed by atoms with Crippen molar-refractivity contribution in [1.82, 2.24) is 4.98 Å². The molecule has 168 valence electrons. The van der Waals surface area contributed by atoms with Crippen molar-refractivity contribution in [1.29, 1.82) is 0 Å². The molecule has 0 spiro atoms. The van der Waals surface area contributed by atoms with Crippen LogP contribution in [0.1, 0.15) is 15.9 Å². The number of aromatic nitrogens is 1. The second-order valence-electron chi connectivity index (χ2n) is 7.73. The number of hydrogen-bond donors (Lipinski definition) is 1. The first-order chi connectivity index (χ1) is 15.5. The Kier molecular flexibility index (Phi) is 5.53. The van der Waals surface area contributed by atoms with E-state index in [9.17, 15) is 27.5 Å². The van der Waals surface area contributed by atoms with Gasteiger partial charge < -0.3 is 10.0 Å². The molecule has 1 aromatic heterocycles. The number of rotatable bonds is 4. The van der Waals surface area contributed by atoms with Crippen LogP contribution in [0.15, 0.2) is 66.7 Å². The quantitative estimate of drug-likeness (QED) is 0.358. The maximum absolute atomic E-state index is 15.0. The summed E-state index contributed by atoms with van der Waals surface area (Å²) in [5.41, 5.74) is 1.21. The lowest BCUT2D eigenvalue weighted by Crippen LogP contribution is -2.07. The Bertz CT molecular complexity index is 1360. The Morgan fingerprint density at radius 2 is 1.58 bits per heavy atom. The molecule has 4 rings (SSSR count). The summed E-state index contributed by atoms with van der Waals surface area (Å²) >= 11 is 0. The van der Waals surface area contributed by atoms with Gasteiger partial charge in [0.05, 0.1) is 22.3 Å². The van der Waals surface area contributed by atoms with E-state index >= 15 is 0 Å². The van der Waals surface area contributed by atoms with Gasteiger partial charge >= 0.3 is 12.1 Å². The number of fused-ring (bicyclic) bond motifs is 1. The average molecular weight is 454 g/mol. The van der Waals surface area contributed by atoms with Gasteiger partial charge in [-0.05, 0) is 48.0 Å². The summed E-state index contributed by atoms with van der Waals surface area (Å²) in [5.74, 6) is -1.93. The van der Waals surface area contributed by atoms with Gasteiger partial charge in [0.2, 0.25) is 0 Å². The highest BCUT2D eigenvalue weighted by molar-refractivity contribution is 6.04. The fourth-order valence-electron chi connectivity index (χ4n) is 3.57. The van der Waals surface area contributed by atoms with E-state index in [0.29, 0.717) is 16.7 Å². The molecule has 0 saturated heterocycles. The largest absolute Gasteiger partial charge is 0.478 e. The van der Waals surface area contributed by atoms with Crippen LogP contribution in [0.5, 0.6) is 0 Å². The number of anilines is 1. The number of halogens is 4. The third-order valence-corrected chi connectivity index (χ3v) is 5.33. The molecule has 0 unspecified atom stereocenters. The minimum Gasteiger partial charge on any atom is -0.478 e. The molecule has 33 heavy (non-hydrogen) atoms. The van der Waals surface area contributed by atoms with Crippen molar-refractivity contribution in [3.05, 3.63) is 83.7 Å². The van der Waals surface area contributed by atoms with Crippen molar-refractivity contribution in [2.75, 3.05) is 19.0 Å². The third-order valence-electron chi connectivity index (χ3n) is 5.33. The first-order valence-electron chi connectivity index (χ1n) is 9.87. The summed E-state index contributed by atoms with van der Waals surface area (Å²) in [6.07, 6.45) is -4.62. The molecule has 4 nitrogen and oxygen atoms in total. The van der Waals surface area contributed by atoms with Crippen molar-refractivity contribution in [3.63, 3.8) is 0 Å². The molecule has 0 aliphatic carbocycles. The van der Waals surface area contributed by atoms with Crippen LogP contribution in [0.4, 0.5) is 23.2 Å². The van der Waals surface area contributed by atoms with E-state index in [1.54, 1.807) is 24.3 Å². The van der Waals surface area contributed by atoms with Crippen LogP contribution < -0.4 is 4.90 Å². The lowest BCUT2D eigenvalue weighted by molar-refractivity contribution is -0.137. The smallest absolute Gasteiger partial charge is 0.416 e. The Morgan fingerprint density at radius 3 is 2.15 bits per heavy atom. The molecule has 0 saturated carbocycles. The van der Waals surface area contributed by atoms with Gasteiger partial charge in [-0.15, -0.1) is 0 Å². The first kappa shape index (κ1) is 22.3. The van der Waals surface area contributed by atoms with Crippen LogP contribution >= 0.6 is 0 Å². The second-order valence-corrected chi connectivity index (χ2v) is 7.73. The molecular weight excluding hydrogens is 436 g/mol. The minimum atomic E-state index is -4.62. The number of aromatic carboxylic acids is 1. The number of carboxylic acids is 1. The normalized spacial score (nSPS) is 11.6. The molecule has 1 heterocycles. The van der Waals surface area contributed by atoms with Crippen LogP contribution in [0.2, 0.25) is 0 Å². The summed E-state index contributed by atoms with van der Waals surface area (Å²) in [6.45, 7) is 0. The fraction of sp³-hybridized carbons (Fsp3) is 0.120. The Morgan fingerprint density at radius 1 is 0.909 bits per heavy atom. The maximum atomic E-state index is 15.0. The van der Waals surface area contributed by atoms with E-state index in [2.05, 4.69) is 4.98 Å². The SMILES string of the molecule is CN(C)c1ccc(-c2ccc(-c3cc(C(=O)O)c4cc(C(F)(F)F)ccc4n3)cc2F)cc1. The molecule has 0 atom stereocenters. The van der Waals surface area contributed by atoms with Gasteiger partial charge in [-0.25, -0.2) is 14.2 Å². The van der Waals surface area contributed by atoms with Gasteiger partial charge in [0.15, 0.2) is 0 Å². The lowest BCUT2D eigenvalue weighted by Gasteiger charge is -2.13. The van der Waals surface area contributed by atoms with Crippen LogP contribution in [0.3, 0.4) is 0 Å². The summed E-state index contributed by atoms with van der Waals surface area (Å²) in [6, 6.07) is 15.6. The standard InChI is InChI=1S/C25H18F4N2O2/c1-31(2)17-7-3-14(4-8-17)18-9-5-15(11-21(18)26)23-13-20(24(32)33)19-12-16(25(27,28)29)6-10-22(19)30-23/h3-13H,1-2H3,(H,32,33). The number of benzene rings is 3. The second kappa shape index (κ2) is 8.20. The van der Waals surface area contributed by atoms with Gasteiger partial charge in [-0.1, -0.05) is 24.3 Å². The van der Waals surface area contributed by atoms with Gasteiger partial charge in [0.25, 0.3) is 0 Å². The van der Waals surface area contributed by atoms with Crippen LogP contribution in [-0.4, -0.2) is 30.2 Å². The van der Waals surface area contributed by atoms with E-state index in [-0.39, 0.29) is 22.2 Å². The zero-order valence-corrected chi connectivity index (χ0v) is 17.6. The van der Waals surface area contributed by atoms with Crippen LogP contribution in [0, 0.1) is 5.82 Å². The zero-order chi connectivity index (χ0) is 23.9. The molecule has 0 aliphatic rings. The number of nitrogens with zero attached hydrogens (tertiary/aromatic N) is 2. The number of pyridine rings is 1. The Balaban J connectivity index is 1.78. The summed E-state index contributed by atoms with van der Waals surface area (Å²) < 4.78 is 54.2. The zero-order valence-electron chi connectivity index (χ0n) is 17.6. The summed E-state index contributed by atoms with van der Waals surface area (Å²) in [7, 11) is 3.80. The molecule has 3 aromatic carbocycles. The van der Waals surface area contributed by atoms with E-state index < -0.39 is 23.5 Å². The van der Waals surface area contributed by atoms with Crippen molar-refractivity contribution in [3.8, 4) is 22.4 Å². The molecule has 8 heteroatoms. The topological polar surface area (TPSA) is 53.4 Å². The number of alkyl halides is 3. The van der Waals surface area contributed by atoms with Crippen LogP contribution in [0.25, 0.3) is 33.3 Å². The average Bonchev–Trinajstić information content (AvgIpc) is 2.77. The lowest BCUT2D eigenvalue weighted by atomic mass is 9.99. The molecular formula is C25H18F4N2O2. The molecule has 0 bridgehead atoms. The van der Waals surface area contributed by atoms with Crippen molar-refractivity contribution in [2.45, 2.75) is 6.18 Å². The van der Waals surface area contributed by atoms with E-state index in [4.69, 9.17) is 0 Å². The third kappa shape index (κ3) is 4.37. The predicted octanol–water partition coefficient (Wildman–Crippen LogP) is 6.49. The van der Waals surface area contributed by atoms with Gasteiger partial charge in [0, 0.05) is 36.3 Å². The van der Waals surface area contributed by atoms with Crippen molar-refractivity contribution >= 4 is 22.6 Å².